The van der Waals surface area contributed by atoms with Crippen LogP contribution in [0.2, 0.25) is 0 Å². The Morgan fingerprint density at radius 2 is 1.71 bits per heavy atom. The highest BCUT2D eigenvalue weighted by Crippen LogP contribution is 2.35. The molecule has 3 heterocycles. The lowest BCUT2D eigenvalue weighted by atomic mass is 9.96. The van der Waals surface area contributed by atoms with Crippen LogP contribution in [0, 0.1) is 0 Å². The van der Waals surface area contributed by atoms with Crippen molar-refractivity contribution in [1.29, 1.82) is 0 Å². The lowest BCUT2D eigenvalue weighted by molar-refractivity contribution is 0.122. The first-order valence-electron chi connectivity index (χ1n) is 10.7. The molecule has 2 aliphatic heterocycles. The van der Waals surface area contributed by atoms with E-state index >= 15 is 0 Å². The molecule has 0 amide bonds. The third-order valence-electron chi connectivity index (χ3n) is 6.10. The highest BCUT2D eigenvalue weighted by molar-refractivity contribution is 5.87. The number of fused-ring (bicyclic) bond motifs is 2. The summed E-state index contributed by atoms with van der Waals surface area (Å²) in [5, 5.41) is 10.4. The van der Waals surface area contributed by atoms with Crippen molar-refractivity contribution in [2.75, 3.05) is 36.5 Å². The molecule has 1 N–H and O–H groups in total. The molecule has 0 radical (unpaired) electrons. The van der Waals surface area contributed by atoms with E-state index < -0.39 is 0 Å². The molecule has 154 valence electrons. The fourth-order valence-electron chi connectivity index (χ4n) is 4.51. The molecule has 3 aromatic carbocycles. The molecule has 0 spiro atoms. The van der Waals surface area contributed by atoms with Gasteiger partial charge in [0.2, 0.25) is 5.95 Å². The Kier molecular flexibility index (Phi) is 4.43. The van der Waals surface area contributed by atoms with Gasteiger partial charge < -0.3 is 15.0 Å². The molecule has 6 heteroatoms. The Labute approximate surface area is 180 Å². The van der Waals surface area contributed by atoms with Crippen LogP contribution in [0.1, 0.15) is 17.2 Å². The second-order valence-corrected chi connectivity index (χ2v) is 7.89. The van der Waals surface area contributed by atoms with Crippen LogP contribution in [0.5, 0.6) is 0 Å². The van der Waals surface area contributed by atoms with Crippen molar-refractivity contribution in [3.63, 3.8) is 0 Å². The Morgan fingerprint density at radius 1 is 0.903 bits per heavy atom. The number of morpholine rings is 1. The van der Waals surface area contributed by atoms with Gasteiger partial charge in [0.1, 0.15) is 12.4 Å². The molecule has 0 bridgehead atoms. The first-order chi connectivity index (χ1) is 15.4. The number of nitrogens with one attached hydrogen (secondary N) is 1. The summed E-state index contributed by atoms with van der Waals surface area (Å²) in [5.41, 5.74) is 4.63. The number of benzene rings is 3. The molecule has 1 aromatic heterocycles. The highest BCUT2D eigenvalue weighted by Gasteiger charge is 2.24. The molecule has 1 saturated heterocycles. The maximum atomic E-state index is 5.47. The molecule has 31 heavy (non-hydrogen) atoms. The van der Waals surface area contributed by atoms with Gasteiger partial charge in [0.15, 0.2) is 0 Å². The van der Waals surface area contributed by atoms with Crippen LogP contribution in [-0.4, -0.2) is 41.1 Å². The van der Waals surface area contributed by atoms with E-state index in [-0.39, 0.29) is 6.04 Å². The van der Waals surface area contributed by atoms with Gasteiger partial charge in [-0.15, -0.1) is 0 Å². The summed E-state index contributed by atoms with van der Waals surface area (Å²) in [6.07, 6.45) is 3.85. The summed E-state index contributed by atoms with van der Waals surface area (Å²) in [5.74, 6) is 0.757. The standard InChI is InChI=1S/C25H23N5O/c1-2-6-21-18(4-1)5-3-7-22(21)24-16-23(28-25-26-17-27-30(24)25)19-8-10-20(11-9-19)29-12-14-31-15-13-29/h1-11,16-17,24H,12-15H2,(H,26,27,28)/t24-/m0/s1. The van der Waals surface area contributed by atoms with Crippen molar-refractivity contribution < 1.29 is 4.74 Å². The summed E-state index contributed by atoms with van der Waals surface area (Å²) in [7, 11) is 0. The molecule has 6 nitrogen and oxygen atoms in total. The molecule has 1 atom stereocenters. The highest BCUT2D eigenvalue weighted by atomic mass is 16.5. The van der Waals surface area contributed by atoms with Crippen molar-refractivity contribution in [3.8, 4) is 0 Å². The normalized spacial score (nSPS) is 18.4. The molecular formula is C25H23N5O. The number of aromatic nitrogens is 3. The zero-order valence-corrected chi connectivity index (χ0v) is 17.1. The Morgan fingerprint density at radius 3 is 2.58 bits per heavy atom. The lowest BCUT2D eigenvalue weighted by Gasteiger charge is -2.29. The lowest BCUT2D eigenvalue weighted by Crippen LogP contribution is -2.36. The molecule has 2 aliphatic rings. The van der Waals surface area contributed by atoms with Gasteiger partial charge in [-0.1, -0.05) is 54.6 Å². The zero-order valence-electron chi connectivity index (χ0n) is 17.1. The van der Waals surface area contributed by atoms with Crippen molar-refractivity contribution in [1.82, 2.24) is 14.8 Å². The van der Waals surface area contributed by atoms with E-state index in [9.17, 15) is 0 Å². The summed E-state index contributed by atoms with van der Waals surface area (Å²) in [6, 6.07) is 23.6. The number of nitrogens with zero attached hydrogens (tertiary/aromatic N) is 4. The van der Waals surface area contributed by atoms with Gasteiger partial charge in [0, 0.05) is 24.5 Å². The second-order valence-electron chi connectivity index (χ2n) is 7.89. The van der Waals surface area contributed by atoms with Crippen LogP contribution in [0.3, 0.4) is 0 Å². The minimum Gasteiger partial charge on any atom is -0.378 e. The van der Waals surface area contributed by atoms with Crippen LogP contribution in [0.25, 0.3) is 16.5 Å². The van der Waals surface area contributed by atoms with Crippen molar-refractivity contribution in [2.24, 2.45) is 0 Å². The van der Waals surface area contributed by atoms with Crippen LogP contribution in [0.15, 0.2) is 79.1 Å². The quantitative estimate of drug-likeness (QED) is 0.546. The van der Waals surface area contributed by atoms with Gasteiger partial charge in [-0.05, 0) is 40.1 Å². The number of rotatable bonds is 3. The summed E-state index contributed by atoms with van der Waals surface area (Å²) in [6.45, 7) is 3.45. The summed E-state index contributed by atoms with van der Waals surface area (Å²) in [4.78, 5) is 6.82. The Balaban J connectivity index is 1.39. The smallest absolute Gasteiger partial charge is 0.226 e. The fraction of sp³-hybridized carbons (Fsp3) is 0.200. The van der Waals surface area contributed by atoms with Gasteiger partial charge in [0.25, 0.3) is 0 Å². The van der Waals surface area contributed by atoms with Gasteiger partial charge in [-0.2, -0.15) is 10.1 Å². The van der Waals surface area contributed by atoms with Crippen LogP contribution >= 0.6 is 0 Å². The van der Waals surface area contributed by atoms with Crippen molar-refractivity contribution in [2.45, 2.75) is 6.04 Å². The van der Waals surface area contributed by atoms with E-state index in [1.165, 1.54) is 22.0 Å². The third kappa shape index (κ3) is 3.25. The van der Waals surface area contributed by atoms with Crippen molar-refractivity contribution >= 4 is 28.1 Å². The Bertz CT molecular complexity index is 1250. The van der Waals surface area contributed by atoms with E-state index in [2.05, 4.69) is 93.1 Å². The molecule has 6 rings (SSSR count). The van der Waals surface area contributed by atoms with E-state index in [1.54, 1.807) is 6.33 Å². The zero-order chi connectivity index (χ0) is 20.6. The first-order valence-corrected chi connectivity index (χ1v) is 10.7. The molecule has 4 aromatic rings. The van der Waals surface area contributed by atoms with Crippen LogP contribution < -0.4 is 10.2 Å². The average Bonchev–Trinajstić information content (AvgIpc) is 3.33. The SMILES string of the molecule is C1=C(c2ccc(N3CCOCC3)cc2)Nc2ncnn2[C@@H]1c1cccc2ccccc12. The van der Waals surface area contributed by atoms with E-state index in [1.807, 2.05) is 4.68 Å². The Hall–Kier alpha value is -3.64. The monoisotopic (exact) mass is 409 g/mol. The van der Waals surface area contributed by atoms with Gasteiger partial charge in [-0.25, -0.2) is 4.68 Å². The van der Waals surface area contributed by atoms with Gasteiger partial charge in [-0.3, -0.25) is 0 Å². The molecule has 0 aliphatic carbocycles. The van der Waals surface area contributed by atoms with E-state index in [4.69, 9.17) is 4.74 Å². The number of ether oxygens (including phenoxy) is 1. The number of hydrogen-bond donors (Lipinski definition) is 1. The fourth-order valence-corrected chi connectivity index (χ4v) is 4.51. The average molecular weight is 409 g/mol. The summed E-state index contributed by atoms with van der Waals surface area (Å²) < 4.78 is 7.43. The number of allylic oxidation sites excluding steroid dienone is 1. The maximum Gasteiger partial charge on any atom is 0.226 e. The largest absolute Gasteiger partial charge is 0.378 e. The topological polar surface area (TPSA) is 55.2 Å². The number of hydrogen-bond acceptors (Lipinski definition) is 5. The van der Waals surface area contributed by atoms with Gasteiger partial charge in [0.05, 0.1) is 13.2 Å². The minimum absolute atomic E-state index is 0.0289. The van der Waals surface area contributed by atoms with Crippen molar-refractivity contribution in [3.05, 3.63) is 90.3 Å². The van der Waals surface area contributed by atoms with Crippen LogP contribution in [0.4, 0.5) is 11.6 Å². The molecule has 0 unspecified atom stereocenters. The predicted molar refractivity (Wildman–Crippen MR) is 123 cm³/mol. The van der Waals surface area contributed by atoms with Crippen LogP contribution in [-0.2, 0) is 4.74 Å². The number of anilines is 2. The van der Waals surface area contributed by atoms with E-state index in [0.717, 1.165) is 43.5 Å². The van der Waals surface area contributed by atoms with Gasteiger partial charge >= 0.3 is 0 Å². The molecule has 0 saturated carbocycles. The second kappa shape index (κ2) is 7.56. The third-order valence-corrected chi connectivity index (χ3v) is 6.10. The molecule has 1 fully saturated rings. The van der Waals surface area contributed by atoms with E-state index in [0.29, 0.717) is 0 Å². The first kappa shape index (κ1) is 18.2. The predicted octanol–water partition coefficient (Wildman–Crippen LogP) is 4.32. The minimum atomic E-state index is -0.0289. The molecular weight excluding hydrogens is 386 g/mol. The maximum absolute atomic E-state index is 5.47. The summed E-state index contributed by atoms with van der Waals surface area (Å²) >= 11 is 0.